The highest BCUT2D eigenvalue weighted by Gasteiger charge is 2.39. The molecule has 2 atom stereocenters. The van der Waals surface area contributed by atoms with Crippen molar-refractivity contribution in [1.82, 2.24) is 5.01 Å². The maximum absolute atomic E-state index is 13.0. The lowest BCUT2D eigenvalue weighted by atomic mass is 9.99. The van der Waals surface area contributed by atoms with E-state index < -0.39 is 5.25 Å². The van der Waals surface area contributed by atoms with Crippen LogP contribution < -0.4 is 0 Å². The lowest BCUT2D eigenvalue weighted by molar-refractivity contribution is -0.117. The van der Waals surface area contributed by atoms with Gasteiger partial charge in [0.1, 0.15) is 5.25 Å². The second-order valence-corrected chi connectivity index (χ2v) is 10.4. The Morgan fingerprint density at radius 3 is 2.54 bits per heavy atom. The van der Waals surface area contributed by atoms with E-state index in [2.05, 4.69) is 4.99 Å². The normalized spacial score (nSPS) is 19.6. The molecule has 2 aliphatic heterocycles. The molecule has 0 saturated heterocycles. The standard InChI is InChI=1S/C28H24ClN3O2S/c1-17-8-9-18(2)22(14-17)25(33)16-26-27(34)30-28(35-26)32-24(20-10-12-21(29)13-11-20)15-23(31-32)19-6-4-3-5-7-19/h3-14,24,26H,15-16H2,1-2H3/t24-,26-/m1/s1. The summed E-state index contributed by atoms with van der Waals surface area (Å²) >= 11 is 7.44. The number of hydrazone groups is 1. The molecule has 0 spiro atoms. The average Bonchev–Trinajstić information content (AvgIpc) is 3.46. The Morgan fingerprint density at radius 2 is 1.80 bits per heavy atom. The fraction of sp³-hybridized carbons (Fsp3) is 0.214. The number of benzene rings is 3. The Bertz CT molecular complexity index is 1350. The number of rotatable bonds is 5. The Balaban J connectivity index is 1.40. The summed E-state index contributed by atoms with van der Waals surface area (Å²) in [5.74, 6) is -0.334. The number of carbonyl (C=O) groups is 2. The van der Waals surface area contributed by atoms with Crippen molar-refractivity contribution in [3.63, 3.8) is 0 Å². The van der Waals surface area contributed by atoms with E-state index >= 15 is 0 Å². The van der Waals surface area contributed by atoms with Crippen LogP contribution in [0.2, 0.25) is 5.02 Å². The number of amides is 1. The number of ketones is 1. The predicted octanol–water partition coefficient (Wildman–Crippen LogP) is 6.38. The maximum Gasteiger partial charge on any atom is 0.262 e. The molecule has 3 aromatic rings. The molecular formula is C28H24ClN3O2S. The second kappa shape index (κ2) is 9.80. The maximum atomic E-state index is 13.0. The summed E-state index contributed by atoms with van der Waals surface area (Å²) in [5, 5.41) is 7.34. The van der Waals surface area contributed by atoms with Crippen LogP contribution in [0.4, 0.5) is 0 Å². The highest BCUT2D eigenvalue weighted by molar-refractivity contribution is 8.15. The summed E-state index contributed by atoms with van der Waals surface area (Å²) in [6, 6.07) is 23.4. The van der Waals surface area contributed by atoms with Crippen LogP contribution in [0.25, 0.3) is 0 Å². The minimum Gasteiger partial charge on any atom is -0.294 e. The Labute approximate surface area is 213 Å². The van der Waals surface area contributed by atoms with Crippen LogP contribution in [0.5, 0.6) is 0 Å². The third-order valence-corrected chi connectivity index (χ3v) is 7.66. The summed E-state index contributed by atoms with van der Waals surface area (Å²) in [6.07, 6.45) is 0.779. The summed E-state index contributed by atoms with van der Waals surface area (Å²) in [7, 11) is 0. The first-order chi connectivity index (χ1) is 16.9. The van der Waals surface area contributed by atoms with Gasteiger partial charge < -0.3 is 0 Å². The lowest BCUT2D eigenvalue weighted by Crippen LogP contribution is -2.24. The minimum atomic E-state index is -0.556. The second-order valence-electron chi connectivity index (χ2n) is 8.81. The van der Waals surface area contributed by atoms with E-state index in [1.54, 1.807) is 0 Å². The first kappa shape index (κ1) is 23.5. The first-order valence-electron chi connectivity index (χ1n) is 11.5. The minimum absolute atomic E-state index is 0.0438. The van der Waals surface area contributed by atoms with Crippen LogP contribution in [0.1, 0.15) is 51.5 Å². The quantitative estimate of drug-likeness (QED) is 0.380. The number of Topliss-reactive ketones (excluding diaryl/α,β-unsaturated/α-hetero) is 1. The van der Waals surface area contributed by atoms with Gasteiger partial charge in [-0.05, 0) is 48.7 Å². The monoisotopic (exact) mass is 501 g/mol. The summed E-state index contributed by atoms with van der Waals surface area (Å²) < 4.78 is 0. The SMILES string of the molecule is Cc1ccc(C)c(C(=O)C[C@H]2SC(N3N=C(c4ccccc4)C[C@@H]3c3ccc(Cl)cc3)=NC2=O)c1. The summed E-state index contributed by atoms with van der Waals surface area (Å²) in [5.41, 5.74) is 5.59. The van der Waals surface area contributed by atoms with Crippen LogP contribution in [0.15, 0.2) is 82.9 Å². The van der Waals surface area contributed by atoms with Gasteiger partial charge in [0.15, 0.2) is 11.0 Å². The van der Waals surface area contributed by atoms with E-state index in [-0.39, 0.29) is 24.2 Å². The molecule has 0 saturated carbocycles. The first-order valence-corrected chi connectivity index (χ1v) is 12.7. The largest absolute Gasteiger partial charge is 0.294 e. The van der Waals surface area contributed by atoms with Gasteiger partial charge in [0.2, 0.25) is 0 Å². The van der Waals surface area contributed by atoms with E-state index in [0.717, 1.165) is 28.0 Å². The van der Waals surface area contributed by atoms with E-state index in [1.165, 1.54) is 11.8 Å². The molecule has 7 heteroatoms. The highest BCUT2D eigenvalue weighted by atomic mass is 35.5. The molecule has 0 N–H and O–H groups in total. The molecular weight excluding hydrogens is 478 g/mol. The smallest absolute Gasteiger partial charge is 0.262 e. The Morgan fingerprint density at radius 1 is 1.06 bits per heavy atom. The molecule has 5 rings (SSSR count). The summed E-state index contributed by atoms with van der Waals surface area (Å²) in [6.45, 7) is 3.87. The van der Waals surface area contributed by atoms with Crippen molar-refractivity contribution in [3.8, 4) is 0 Å². The van der Waals surface area contributed by atoms with Crippen molar-refractivity contribution in [3.05, 3.63) is 106 Å². The third-order valence-electron chi connectivity index (χ3n) is 6.26. The van der Waals surface area contributed by atoms with Crippen LogP contribution >= 0.6 is 23.4 Å². The van der Waals surface area contributed by atoms with Crippen LogP contribution in [-0.4, -0.2) is 32.8 Å². The number of amidine groups is 1. The van der Waals surface area contributed by atoms with E-state index in [4.69, 9.17) is 16.7 Å². The van der Waals surface area contributed by atoms with Gasteiger partial charge in [-0.25, -0.2) is 5.01 Å². The van der Waals surface area contributed by atoms with Gasteiger partial charge in [-0.2, -0.15) is 10.1 Å². The molecule has 0 aromatic heterocycles. The summed E-state index contributed by atoms with van der Waals surface area (Å²) in [4.78, 5) is 30.2. The Kier molecular flexibility index (Phi) is 6.58. The number of aryl methyl sites for hydroxylation is 2. The number of nitrogens with zero attached hydrogens (tertiary/aromatic N) is 3. The van der Waals surface area contributed by atoms with E-state index in [1.807, 2.05) is 91.7 Å². The van der Waals surface area contributed by atoms with Crippen molar-refractivity contribution in [2.75, 3.05) is 0 Å². The van der Waals surface area contributed by atoms with Gasteiger partial charge in [0, 0.05) is 23.4 Å². The molecule has 2 heterocycles. The van der Waals surface area contributed by atoms with Crippen molar-refractivity contribution >= 4 is 45.9 Å². The molecule has 0 bridgehead atoms. The molecule has 0 aliphatic carbocycles. The molecule has 5 nitrogen and oxygen atoms in total. The molecule has 0 unspecified atom stereocenters. The molecule has 3 aromatic carbocycles. The van der Waals surface area contributed by atoms with Gasteiger partial charge >= 0.3 is 0 Å². The van der Waals surface area contributed by atoms with Crippen molar-refractivity contribution in [2.24, 2.45) is 10.1 Å². The van der Waals surface area contributed by atoms with Crippen LogP contribution in [0, 0.1) is 13.8 Å². The fourth-order valence-corrected chi connectivity index (χ4v) is 5.54. The number of carbonyl (C=O) groups excluding carboxylic acids is 2. The topological polar surface area (TPSA) is 62.1 Å². The predicted molar refractivity (Wildman–Crippen MR) is 142 cm³/mol. The number of halogens is 1. The number of hydrogen-bond acceptors (Lipinski definition) is 5. The fourth-order valence-electron chi connectivity index (χ4n) is 4.36. The van der Waals surface area contributed by atoms with Crippen molar-refractivity contribution in [2.45, 2.75) is 38.0 Å². The van der Waals surface area contributed by atoms with Crippen LogP contribution in [0.3, 0.4) is 0 Å². The van der Waals surface area contributed by atoms with Crippen molar-refractivity contribution in [1.29, 1.82) is 0 Å². The van der Waals surface area contributed by atoms with E-state index in [0.29, 0.717) is 22.2 Å². The zero-order valence-corrected chi connectivity index (χ0v) is 21.0. The molecule has 0 fully saturated rings. The third kappa shape index (κ3) is 4.95. The highest BCUT2D eigenvalue weighted by Crippen LogP contribution is 2.39. The van der Waals surface area contributed by atoms with Crippen molar-refractivity contribution < 1.29 is 9.59 Å². The zero-order chi connectivity index (χ0) is 24.5. The van der Waals surface area contributed by atoms with Gasteiger partial charge in [0.05, 0.1) is 11.8 Å². The number of hydrogen-bond donors (Lipinski definition) is 0. The zero-order valence-electron chi connectivity index (χ0n) is 19.4. The number of aliphatic imine (C=N–C) groups is 1. The average molecular weight is 502 g/mol. The van der Waals surface area contributed by atoms with E-state index in [9.17, 15) is 9.59 Å². The van der Waals surface area contributed by atoms with Gasteiger partial charge in [-0.1, -0.05) is 83.5 Å². The van der Waals surface area contributed by atoms with Gasteiger partial charge in [0.25, 0.3) is 5.91 Å². The van der Waals surface area contributed by atoms with Crippen LogP contribution in [-0.2, 0) is 4.79 Å². The molecule has 0 radical (unpaired) electrons. The number of thioether (sulfide) groups is 1. The Hall–Kier alpha value is -3.22. The van der Waals surface area contributed by atoms with Gasteiger partial charge in [-0.15, -0.1) is 0 Å². The lowest BCUT2D eigenvalue weighted by Gasteiger charge is -2.23. The van der Waals surface area contributed by atoms with Gasteiger partial charge in [-0.3, -0.25) is 9.59 Å². The molecule has 176 valence electrons. The molecule has 35 heavy (non-hydrogen) atoms. The molecule has 1 amide bonds. The molecule has 2 aliphatic rings.